The van der Waals surface area contributed by atoms with Gasteiger partial charge in [0.1, 0.15) is 5.01 Å². The van der Waals surface area contributed by atoms with Crippen molar-refractivity contribution in [3.05, 3.63) is 35.3 Å². The van der Waals surface area contributed by atoms with Crippen molar-refractivity contribution in [2.45, 2.75) is 6.42 Å². The van der Waals surface area contributed by atoms with Crippen LogP contribution in [0.5, 0.6) is 0 Å². The number of nitrogens with zero attached hydrogens (tertiary/aromatic N) is 1. The lowest BCUT2D eigenvalue weighted by molar-refractivity contribution is -0.115. The molecule has 2 aromatic rings. The van der Waals surface area contributed by atoms with Gasteiger partial charge in [-0.1, -0.05) is 12.1 Å². The van der Waals surface area contributed by atoms with E-state index in [1.165, 1.54) is 0 Å². The van der Waals surface area contributed by atoms with Crippen LogP contribution in [0.25, 0.3) is 10.6 Å². The number of anilines is 1. The fraction of sp³-hybridized carbons (Fsp3) is 0.0909. The quantitative estimate of drug-likeness (QED) is 0.794. The second-order valence-electron chi connectivity index (χ2n) is 3.43. The fourth-order valence-corrected chi connectivity index (χ4v) is 2.35. The molecule has 1 aliphatic heterocycles. The Bertz CT molecular complexity index is 519. The van der Waals surface area contributed by atoms with E-state index in [0.29, 0.717) is 6.42 Å². The van der Waals surface area contributed by atoms with Crippen molar-refractivity contribution in [1.82, 2.24) is 4.98 Å². The topological polar surface area (TPSA) is 42.0 Å². The summed E-state index contributed by atoms with van der Waals surface area (Å²) in [5, 5.41) is 5.77. The maximum atomic E-state index is 11.2. The molecular weight excluding hydrogens is 208 g/mol. The van der Waals surface area contributed by atoms with Crippen LogP contribution in [0.2, 0.25) is 0 Å². The van der Waals surface area contributed by atoms with Gasteiger partial charge >= 0.3 is 0 Å². The summed E-state index contributed by atoms with van der Waals surface area (Å²) < 4.78 is 0. The molecule has 2 heterocycles. The van der Waals surface area contributed by atoms with E-state index in [1.807, 2.05) is 23.6 Å². The lowest BCUT2D eigenvalue weighted by Gasteiger charge is -2.00. The van der Waals surface area contributed by atoms with Crippen molar-refractivity contribution in [3.8, 4) is 10.6 Å². The van der Waals surface area contributed by atoms with Gasteiger partial charge in [-0.15, -0.1) is 11.3 Å². The van der Waals surface area contributed by atoms with Crippen molar-refractivity contribution < 1.29 is 4.79 Å². The number of hydrogen-bond donors (Lipinski definition) is 1. The highest BCUT2D eigenvalue weighted by Gasteiger charge is 2.17. The Hall–Kier alpha value is -1.68. The van der Waals surface area contributed by atoms with Crippen LogP contribution in [0.3, 0.4) is 0 Å². The van der Waals surface area contributed by atoms with Gasteiger partial charge in [-0.25, -0.2) is 4.98 Å². The first-order valence-electron chi connectivity index (χ1n) is 4.65. The maximum absolute atomic E-state index is 11.2. The molecule has 0 aliphatic carbocycles. The number of amides is 1. The van der Waals surface area contributed by atoms with Gasteiger partial charge in [0.05, 0.1) is 6.42 Å². The van der Waals surface area contributed by atoms with E-state index in [-0.39, 0.29) is 5.91 Å². The lowest BCUT2D eigenvalue weighted by atomic mass is 10.1. The normalized spacial score (nSPS) is 13.7. The van der Waals surface area contributed by atoms with Crippen molar-refractivity contribution in [3.63, 3.8) is 0 Å². The average molecular weight is 216 g/mol. The van der Waals surface area contributed by atoms with Crippen LogP contribution in [-0.2, 0) is 11.2 Å². The number of thiazole rings is 1. The van der Waals surface area contributed by atoms with Crippen LogP contribution in [0.15, 0.2) is 29.8 Å². The Kier molecular flexibility index (Phi) is 1.82. The molecule has 0 fully saturated rings. The van der Waals surface area contributed by atoms with E-state index >= 15 is 0 Å². The zero-order valence-corrected chi connectivity index (χ0v) is 8.67. The molecule has 1 aliphatic rings. The van der Waals surface area contributed by atoms with E-state index in [1.54, 1.807) is 17.5 Å². The highest BCUT2D eigenvalue weighted by atomic mass is 32.1. The average Bonchev–Trinajstić information content (AvgIpc) is 2.82. The summed E-state index contributed by atoms with van der Waals surface area (Å²) in [4.78, 5) is 15.4. The molecule has 0 bridgehead atoms. The molecule has 0 unspecified atom stereocenters. The fourth-order valence-electron chi connectivity index (χ4n) is 1.71. The van der Waals surface area contributed by atoms with Crippen LogP contribution in [0.1, 0.15) is 5.56 Å². The molecule has 1 aromatic carbocycles. The number of nitrogens with one attached hydrogen (secondary N) is 1. The number of fused-ring (bicyclic) bond motifs is 1. The molecule has 0 spiro atoms. The summed E-state index contributed by atoms with van der Waals surface area (Å²) in [5.41, 5.74) is 3.05. The van der Waals surface area contributed by atoms with E-state index in [9.17, 15) is 4.79 Å². The molecule has 0 saturated carbocycles. The predicted molar refractivity (Wildman–Crippen MR) is 59.9 cm³/mol. The number of carbonyl (C=O) groups excluding carboxylic acids is 1. The van der Waals surface area contributed by atoms with Crippen molar-refractivity contribution in [2.75, 3.05) is 5.32 Å². The largest absolute Gasteiger partial charge is 0.326 e. The Balaban J connectivity index is 2.07. The van der Waals surface area contributed by atoms with Crippen LogP contribution in [-0.4, -0.2) is 10.9 Å². The van der Waals surface area contributed by atoms with Crippen molar-refractivity contribution >= 4 is 22.9 Å². The van der Waals surface area contributed by atoms with E-state index < -0.39 is 0 Å². The first-order chi connectivity index (χ1) is 7.33. The summed E-state index contributed by atoms with van der Waals surface area (Å²) in [7, 11) is 0. The molecule has 0 atom stereocenters. The number of aromatic nitrogens is 1. The van der Waals surface area contributed by atoms with Gasteiger partial charge in [0.2, 0.25) is 5.91 Å². The molecule has 1 aromatic heterocycles. The van der Waals surface area contributed by atoms with Gasteiger partial charge in [-0.2, -0.15) is 0 Å². The van der Waals surface area contributed by atoms with Crippen LogP contribution >= 0.6 is 11.3 Å². The maximum Gasteiger partial charge on any atom is 0.228 e. The first-order valence-corrected chi connectivity index (χ1v) is 5.53. The van der Waals surface area contributed by atoms with Gasteiger partial charge in [0.15, 0.2) is 0 Å². The Morgan fingerprint density at radius 3 is 3.13 bits per heavy atom. The standard InChI is InChI=1S/C11H8N2OS/c14-10-6-7-1-2-8(5-9(7)13-10)11-12-3-4-15-11/h1-5H,6H2,(H,13,14). The smallest absolute Gasteiger partial charge is 0.228 e. The molecule has 3 rings (SSSR count). The minimum atomic E-state index is 0.0706. The molecule has 15 heavy (non-hydrogen) atoms. The third-order valence-electron chi connectivity index (χ3n) is 2.41. The SMILES string of the molecule is O=C1Cc2ccc(-c3nccs3)cc2N1. The second kappa shape index (κ2) is 3.17. The molecule has 1 amide bonds. The summed E-state index contributed by atoms with van der Waals surface area (Å²) in [6.07, 6.45) is 2.28. The predicted octanol–water partition coefficient (Wildman–Crippen LogP) is 2.30. The highest BCUT2D eigenvalue weighted by molar-refractivity contribution is 7.13. The van der Waals surface area contributed by atoms with Crippen molar-refractivity contribution in [1.29, 1.82) is 0 Å². The monoisotopic (exact) mass is 216 g/mol. The van der Waals surface area contributed by atoms with Crippen LogP contribution in [0, 0.1) is 0 Å². The first kappa shape index (κ1) is 8.61. The second-order valence-corrected chi connectivity index (χ2v) is 4.33. The Labute approximate surface area is 90.8 Å². The van der Waals surface area contributed by atoms with Gasteiger partial charge in [0.25, 0.3) is 0 Å². The molecule has 3 nitrogen and oxygen atoms in total. The Morgan fingerprint density at radius 2 is 2.33 bits per heavy atom. The van der Waals surface area contributed by atoms with Crippen molar-refractivity contribution in [2.24, 2.45) is 0 Å². The van der Waals surface area contributed by atoms with E-state index in [4.69, 9.17) is 0 Å². The minimum absolute atomic E-state index is 0.0706. The molecular formula is C11H8N2OS. The number of rotatable bonds is 1. The number of benzene rings is 1. The molecule has 4 heteroatoms. The lowest BCUT2D eigenvalue weighted by Crippen LogP contribution is -2.03. The Morgan fingerprint density at radius 1 is 1.40 bits per heavy atom. The molecule has 74 valence electrons. The summed E-state index contributed by atoms with van der Waals surface area (Å²) in [6.45, 7) is 0. The number of hydrogen-bond acceptors (Lipinski definition) is 3. The van der Waals surface area contributed by atoms with Crippen LogP contribution < -0.4 is 5.32 Å². The third-order valence-corrected chi connectivity index (χ3v) is 3.24. The highest BCUT2D eigenvalue weighted by Crippen LogP contribution is 2.30. The molecule has 1 N–H and O–H groups in total. The summed E-state index contributed by atoms with van der Waals surface area (Å²) >= 11 is 1.60. The molecule has 0 radical (unpaired) electrons. The minimum Gasteiger partial charge on any atom is -0.326 e. The van der Waals surface area contributed by atoms with Gasteiger partial charge < -0.3 is 5.32 Å². The summed E-state index contributed by atoms with van der Waals surface area (Å²) in [6, 6.07) is 5.99. The van der Waals surface area contributed by atoms with E-state index in [2.05, 4.69) is 10.3 Å². The van der Waals surface area contributed by atoms with Crippen LogP contribution in [0.4, 0.5) is 5.69 Å². The zero-order chi connectivity index (χ0) is 10.3. The number of carbonyl (C=O) groups is 1. The summed E-state index contributed by atoms with van der Waals surface area (Å²) in [5.74, 6) is 0.0706. The molecule has 0 saturated heterocycles. The van der Waals surface area contributed by atoms with Gasteiger partial charge in [0, 0.05) is 22.8 Å². The van der Waals surface area contributed by atoms with Gasteiger partial charge in [-0.05, 0) is 11.6 Å². The zero-order valence-electron chi connectivity index (χ0n) is 7.86. The van der Waals surface area contributed by atoms with E-state index in [0.717, 1.165) is 21.8 Å². The third kappa shape index (κ3) is 1.43. The van der Waals surface area contributed by atoms with Gasteiger partial charge in [-0.3, -0.25) is 4.79 Å².